The molecule has 0 aliphatic heterocycles. The van der Waals surface area contributed by atoms with Crippen molar-refractivity contribution in [1.82, 2.24) is 5.16 Å². The van der Waals surface area contributed by atoms with E-state index in [0.717, 1.165) is 19.2 Å². The van der Waals surface area contributed by atoms with Gasteiger partial charge in [-0.05, 0) is 49.8 Å². The number of carbonyl (C=O) groups excluding carboxylic acids is 1. The highest BCUT2D eigenvalue weighted by molar-refractivity contribution is 7.38. The van der Waals surface area contributed by atoms with Crippen molar-refractivity contribution in [2.24, 2.45) is 0 Å². The molecule has 1 aromatic carbocycles. The maximum atomic E-state index is 12.4. The normalized spacial score (nSPS) is 14.7. The third-order valence-electron chi connectivity index (χ3n) is 5.65. The second kappa shape index (κ2) is 9.21. The average Bonchev–Trinajstić information content (AvgIpc) is 3.25. The Morgan fingerprint density at radius 2 is 2.00 bits per heavy atom. The molecule has 1 aliphatic carbocycles. The van der Waals surface area contributed by atoms with Crippen LogP contribution >= 0.6 is 45.9 Å². The van der Waals surface area contributed by atoms with Crippen LogP contribution in [0.1, 0.15) is 46.9 Å². The second-order valence-corrected chi connectivity index (χ2v) is 11.1. The van der Waals surface area contributed by atoms with E-state index in [9.17, 15) is 14.7 Å². The lowest BCUT2D eigenvalue weighted by Crippen LogP contribution is -2.17. The summed E-state index contributed by atoms with van der Waals surface area (Å²) in [6.07, 6.45) is -0.0201. The number of hydrogen-bond donors (Lipinski definition) is 2. The van der Waals surface area contributed by atoms with Gasteiger partial charge in [-0.3, -0.25) is 10.1 Å². The van der Waals surface area contributed by atoms with E-state index in [-0.39, 0.29) is 16.6 Å². The number of amides is 1. The van der Waals surface area contributed by atoms with Crippen LogP contribution in [0.25, 0.3) is 9.40 Å². The minimum atomic E-state index is -0.770. The Morgan fingerprint density at radius 1 is 1.23 bits per heavy atom. The Morgan fingerprint density at radius 3 is 2.69 bits per heavy atom. The summed E-state index contributed by atoms with van der Waals surface area (Å²) < 4.78 is 11.6. The molecule has 0 radical (unpaired) electrons. The number of aliphatic carboxylic acids is 1. The highest BCUT2D eigenvalue weighted by Crippen LogP contribution is 2.52. The van der Waals surface area contributed by atoms with E-state index in [1.165, 1.54) is 22.7 Å². The van der Waals surface area contributed by atoms with E-state index in [4.69, 9.17) is 32.5 Å². The van der Waals surface area contributed by atoms with Crippen LogP contribution in [0.2, 0.25) is 10.2 Å². The van der Waals surface area contributed by atoms with Gasteiger partial charge in [0.15, 0.2) is 5.15 Å². The molecule has 7 nitrogen and oxygen atoms in total. The van der Waals surface area contributed by atoms with Gasteiger partial charge < -0.3 is 14.4 Å². The van der Waals surface area contributed by atoms with Gasteiger partial charge in [-0.25, -0.2) is 4.79 Å². The van der Waals surface area contributed by atoms with Crippen LogP contribution in [0, 0.1) is 11.8 Å². The summed E-state index contributed by atoms with van der Waals surface area (Å²) in [7, 11) is 0. The molecule has 5 rings (SSSR count). The van der Waals surface area contributed by atoms with E-state index in [0.29, 0.717) is 23.4 Å². The lowest BCUT2D eigenvalue weighted by molar-refractivity contribution is -0.139. The fourth-order valence-electron chi connectivity index (χ4n) is 3.57. The summed E-state index contributed by atoms with van der Waals surface area (Å²) in [5, 5.41) is 17.1. The fourth-order valence-corrected chi connectivity index (χ4v) is 6.56. The van der Waals surface area contributed by atoms with Gasteiger partial charge in [0.2, 0.25) is 5.76 Å². The molecule has 3 heterocycles. The molecule has 178 valence electrons. The summed E-state index contributed by atoms with van der Waals surface area (Å²) in [5.74, 6) is 5.14. The molecule has 4 aromatic rings. The number of halogens is 2. The van der Waals surface area contributed by atoms with Gasteiger partial charge in [0.25, 0.3) is 0 Å². The van der Waals surface area contributed by atoms with Gasteiger partial charge in [0, 0.05) is 20.8 Å². The minimum absolute atomic E-state index is 0.0585. The van der Waals surface area contributed by atoms with Crippen LogP contribution in [0.3, 0.4) is 0 Å². The van der Waals surface area contributed by atoms with Crippen LogP contribution in [0.5, 0.6) is 0 Å². The molecule has 1 unspecified atom stereocenters. The van der Waals surface area contributed by atoms with Crippen LogP contribution in [0.15, 0.2) is 40.9 Å². The summed E-state index contributed by atoms with van der Waals surface area (Å²) in [6, 6.07) is 10.9. The number of carboxylic acid groups (broad SMARTS) is 1. The molecule has 1 atom stereocenters. The van der Waals surface area contributed by atoms with Gasteiger partial charge in [0.05, 0.1) is 8.89 Å². The lowest BCUT2D eigenvalue weighted by Gasteiger charge is -2.15. The Kier molecular flexibility index (Phi) is 6.23. The fraction of sp³-hybridized carbons (Fsp3) is 0.208. The summed E-state index contributed by atoms with van der Waals surface area (Å²) in [6.45, 7) is 1.70. The predicted molar refractivity (Wildman–Crippen MR) is 136 cm³/mol. The Labute approximate surface area is 217 Å². The van der Waals surface area contributed by atoms with E-state index < -0.39 is 23.6 Å². The van der Waals surface area contributed by atoms with Crippen molar-refractivity contribution in [1.29, 1.82) is 0 Å². The smallest absolute Gasteiger partial charge is 0.412 e. The average molecular weight is 547 g/mol. The van der Waals surface area contributed by atoms with Crippen molar-refractivity contribution in [2.75, 3.05) is 5.32 Å². The molecular weight excluding hydrogens is 531 g/mol. The van der Waals surface area contributed by atoms with Gasteiger partial charge in [-0.15, -0.1) is 22.7 Å². The SMILES string of the molecule is CC(OC(=O)Nc1c(Cl)noc1C#Cc1cc2cc(C3(C(=O)O)CC3)sc2s1)c1ccccc1Cl. The number of nitrogens with zero attached hydrogens (tertiary/aromatic N) is 1. The van der Waals surface area contributed by atoms with Crippen LogP contribution < -0.4 is 5.32 Å². The number of benzene rings is 1. The largest absolute Gasteiger partial charge is 0.481 e. The zero-order valence-corrected chi connectivity index (χ0v) is 21.2. The monoisotopic (exact) mass is 546 g/mol. The molecule has 11 heteroatoms. The molecule has 3 aromatic heterocycles. The maximum absolute atomic E-state index is 12.4. The number of anilines is 1. The lowest BCUT2D eigenvalue weighted by atomic mass is 10.1. The highest BCUT2D eigenvalue weighted by Gasteiger charge is 2.53. The van der Waals surface area contributed by atoms with Gasteiger partial charge in [-0.2, -0.15) is 0 Å². The number of nitrogens with one attached hydrogen (secondary N) is 1. The Balaban J connectivity index is 1.30. The number of thiophene rings is 2. The first-order chi connectivity index (χ1) is 16.8. The van der Waals surface area contributed by atoms with Crippen molar-refractivity contribution in [3.8, 4) is 11.8 Å². The van der Waals surface area contributed by atoms with Crippen LogP contribution in [-0.2, 0) is 14.9 Å². The summed E-state index contributed by atoms with van der Waals surface area (Å²) >= 11 is 15.2. The first-order valence-corrected chi connectivity index (χ1v) is 12.8. The van der Waals surface area contributed by atoms with E-state index in [1.54, 1.807) is 31.2 Å². The third-order valence-corrected chi connectivity index (χ3v) is 8.76. The second-order valence-electron chi connectivity index (χ2n) is 7.97. The minimum Gasteiger partial charge on any atom is -0.481 e. The zero-order chi connectivity index (χ0) is 24.7. The van der Waals surface area contributed by atoms with Crippen LogP contribution in [-0.4, -0.2) is 22.3 Å². The number of aromatic nitrogens is 1. The van der Waals surface area contributed by atoms with Gasteiger partial charge >= 0.3 is 12.1 Å². The van der Waals surface area contributed by atoms with E-state index in [2.05, 4.69) is 22.3 Å². The molecule has 1 aliphatic rings. The zero-order valence-electron chi connectivity index (χ0n) is 18.1. The van der Waals surface area contributed by atoms with Crippen molar-refractivity contribution in [2.45, 2.75) is 31.3 Å². The molecule has 1 fully saturated rings. The highest BCUT2D eigenvalue weighted by atomic mass is 35.5. The standard InChI is InChI=1S/C24H16Cl2N2O5S2/c1-12(15-4-2-3-5-16(15)25)32-23(31)27-19-17(33-28-20(19)26)7-6-14-10-13-11-18(35-21(13)34-14)24(8-9-24)22(29)30/h2-5,10-12H,8-9H2,1H3,(H,27,31)(H,29,30). The van der Waals surface area contributed by atoms with Gasteiger partial charge in [-0.1, -0.05) is 46.6 Å². The number of ether oxygens (including phenoxy) is 1. The number of carboxylic acids is 1. The van der Waals surface area contributed by atoms with E-state index >= 15 is 0 Å². The number of fused-ring (bicyclic) bond motifs is 1. The first-order valence-electron chi connectivity index (χ1n) is 10.4. The molecule has 2 N–H and O–H groups in total. The quantitative estimate of drug-likeness (QED) is 0.259. The van der Waals surface area contributed by atoms with Crippen molar-refractivity contribution in [3.63, 3.8) is 0 Å². The third kappa shape index (κ3) is 4.62. The summed E-state index contributed by atoms with van der Waals surface area (Å²) in [5.41, 5.74) is 0.0514. The predicted octanol–water partition coefficient (Wildman–Crippen LogP) is 7.08. The topological polar surface area (TPSA) is 102 Å². The number of rotatable bonds is 5. The van der Waals surface area contributed by atoms with Crippen LogP contribution in [0.4, 0.5) is 10.5 Å². The Hall–Kier alpha value is -3.03. The molecule has 35 heavy (non-hydrogen) atoms. The molecule has 1 amide bonds. The number of hydrogen-bond acceptors (Lipinski definition) is 7. The molecule has 0 saturated heterocycles. The van der Waals surface area contributed by atoms with Gasteiger partial charge in [0.1, 0.15) is 17.2 Å². The van der Waals surface area contributed by atoms with Crippen molar-refractivity contribution >= 4 is 73.0 Å². The molecule has 0 bridgehead atoms. The number of carbonyl (C=O) groups is 2. The summed E-state index contributed by atoms with van der Waals surface area (Å²) in [4.78, 5) is 25.7. The Bertz CT molecular complexity index is 1490. The van der Waals surface area contributed by atoms with E-state index in [1.807, 2.05) is 12.1 Å². The van der Waals surface area contributed by atoms with Crippen molar-refractivity contribution in [3.05, 3.63) is 67.7 Å². The molecular formula is C24H16Cl2N2O5S2. The maximum Gasteiger partial charge on any atom is 0.412 e. The first kappa shape index (κ1) is 23.7. The molecule has 0 spiro atoms. The van der Waals surface area contributed by atoms with Crippen molar-refractivity contribution < 1.29 is 24.0 Å². The molecule has 1 saturated carbocycles.